The third-order valence-corrected chi connectivity index (χ3v) is 5.49. The van der Waals surface area contributed by atoms with Crippen molar-refractivity contribution >= 4 is 23.4 Å². The first-order valence-corrected chi connectivity index (χ1v) is 10.7. The topological polar surface area (TPSA) is 91.2 Å². The third kappa shape index (κ3) is 4.73. The van der Waals surface area contributed by atoms with Gasteiger partial charge in [0.05, 0.1) is 25.7 Å². The average molecular weight is 448 g/mol. The van der Waals surface area contributed by atoms with Gasteiger partial charge in [0.2, 0.25) is 5.91 Å². The van der Waals surface area contributed by atoms with Gasteiger partial charge in [-0.3, -0.25) is 14.3 Å². The van der Waals surface area contributed by atoms with Gasteiger partial charge in [-0.25, -0.2) is 0 Å². The van der Waals surface area contributed by atoms with Crippen LogP contribution in [-0.2, 0) is 4.79 Å². The normalized spacial score (nSPS) is 10.6. The molecular weight excluding hydrogens is 426 g/mol. The molecule has 4 aromatic rings. The summed E-state index contributed by atoms with van der Waals surface area (Å²) in [6, 6.07) is 20.6. The molecule has 2 aromatic carbocycles. The van der Waals surface area contributed by atoms with E-state index in [1.165, 1.54) is 11.8 Å². The van der Waals surface area contributed by atoms with Crippen molar-refractivity contribution in [2.24, 2.45) is 0 Å². The lowest BCUT2D eigenvalue weighted by Crippen LogP contribution is -2.15. The molecule has 0 saturated carbocycles. The maximum atomic E-state index is 12.6. The summed E-state index contributed by atoms with van der Waals surface area (Å²) < 4.78 is 12.4. The van der Waals surface area contributed by atoms with E-state index < -0.39 is 0 Å². The largest absolute Gasteiger partial charge is 0.497 e. The minimum Gasteiger partial charge on any atom is -0.497 e. The number of rotatable bonds is 8. The lowest BCUT2D eigenvalue weighted by atomic mass is 10.2. The van der Waals surface area contributed by atoms with Crippen LogP contribution in [0.4, 0.5) is 5.69 Å². The first kappa shape index (κ1) is 21.4. The number of thioether (sulfide) groups is 1. The monoisotopic (exact) mass is 447 g/mol. The van der Waals surface area contributed by atoms with Gasteiger partial charge in [0.15, 0.2) is 11.0 Å². The highest BCUT2D eigenvalue weighted by atomic mass is 32.2. The van der Waals surface area contributed by atoms with Crippen molar-refractivity contribution in [3.05, 3.63) is 72.9 Å². The Hall–Kier alpha value is -3.85. The fraction of sp³-hybridized carbons (Fsp3) is 0.130. The highest BCUT2D eigenvalue weighted by molar-refractivity contribution is 7.99. The van der Waals surface area contributed by atoms with Crippen molar-refractivity contribution in [2.75, 3.05) is 25.3 Å². The number of nitrogens with zero attached hydrogens (tertiary/aromatic N) is 4. The molecule has 4 rings (SSSR count). The molecular formula is C23H21N5O3S. The van der Waals surface area contributed by atoms with Crippen LogP contribution in [0.1, 0.15) is 0 Å². The number of para-hydroxylation sites is 1. The number of carbonyl (C=O) groups excluding carboxylic acids is 1. The minimum absolute atomic E-state index is 0.141. The zero-order valence-electron chi connectivity index (χ0n) is 17.6. The summed E-state index contributed by atoms with van der Waals surface area (Å²) in [6.07, 6.45) is 1.71. The molecule has 1 N–H and O–H groups in total. The Bertz CT molecular complexity index is 1200. The second-order valence-corrected chi connectivity index (χ2v) is 7.54. The van der Waals surface area contributed by atoms with Crippen molar-refractivity contribution in [1.82, 2.24) is 19.7 Å². The molecule has 0 bridgehead atoms. The molecule has 0 atom stereocenters. The smallest absolute Gasteiger partial charge is 0.234 e. The second-order valence-electron chi connectivity index (χ2n) is 6.60. The van der Waals surface area contributed by atoms with E-state index in [2.05, 4.69) is 20.5 Å². The zero-order chi connectivity index (χ0) is 22.3. The molecule has 9 heteroatoms. The van der Waals surface area contributed by atoms with Crippen molar-refractivity contribution < 1.29 is 14.3 Å². The third-order valence-electron chi connectivity index (χ3n) is 4.56. The molecule has 2 heterocycles. The van der Waals surface area contributed by atoms with E-state index in [9.17, 15) is 4.79 Å². The SMILES string of the molecule is COc1ccc(NC(=O)CSc2nnc(-c3ccccn3)n2-c2ccccc2)c(OC)c1. The lowest BCUT2D eigenvalue weighted by molar-refractivity contribution is -0.113. The number of hydrogen-bond donors (Lipinski definition) is 1. The van der Waals surface area contributed by atoms with E-state index in [1.54, 1.807) is 38.6 Å². The van der Waals surface area contributed by atoms with Gasteiger partial charge in [-0.1, -0.05) is 36.0 Å². The Morgan fingerprint density at radius 1 is 1.00 bits per heavy atom. The van der Waals surface area contributed by atoms with Crippen LogP contribution in [0.25, 0.3) is 17.2 Å². The number of carbonyl (C=O) groups is 1. The van der Waals surface area contributed by atoms with E-state index in [-0.39, 0.29) is 11.7 Å². The molecule has 0 aliphatic heterocycles. The van der Waals surface area contributed by atoms with E-state index >= 15 is 0 Å². The predicted molar refractivity (Wildman–Crippen MR) is 123 cm³/mol. The van der Waals surface area contributed by atoms with Gasteiger partial charge in [0, 0.05) is 18.0 Å². The Kier molecular flexibility index (Phi) is 6.66. The molecule has 0 saturated heterocycles. The average Bonchev–Trinajstić information content (AvgIpc) is 3.28. The molecule has 0 aliphatic rings. The van der Waals surface area contributed by atoms with Crippen LogP contribution >= 0.6 is 11.8 Å². The number of hydrogen-bond acceptors (Lipinski definition) is 7. The minimum atomic E-state index is -0.194. The Labute approximate surface area is 189 Å². The molecule has 162 valence electrons. The summed E-state index contributed by atoms with van der Waals surface area (Å²) >= 11 is 1.29. The number of anilines is 1. The van der Waals surface area contributed by atoms with Crippen LogP contribution in [0.3, 0.4) is 0 Å². The summed E-state index contributed by atoms with van der Waals surface area (Å²) in [5.41, 5.74) is 2.15. The van der Waals surface area contributed by atoms with Gasteiger partial charge in [-0.2, -0.15) is 0 Å². The fourth-order valence-electron chi connectivity index (χ4n) is 3.05. The number of methoxy groups -OCH3 is 2. The van der Waals surface area contributed by atoms with Crippen LogP contribution < -0.4 is 14.8 Å². The predicted octanol–water partition coefficient (Wildman–Crippen LogP) is 4.08. The van der Waals surface area contributed by atoms with Crippen molar-refractivity contribution in [3.8, 4) is 28.7 Å². The first-order chi connectivity index (χ1) is 15.7. The number of benzene rings is 2. The molecule has 0 radical (unpaired) electrons. The number of nitrogens with one attached hydrogen (secondary N) is 1. The lowest BCUT2D eigenvalue weighted by Gasteiger charge is -2.12. The quantitative estimate of drug-likeness (QED) is 0.407. The summed E-state index contributed by atoms with van der Waals surface area (Å²) in [6.45, 7) is 0. The second kappa shape index (κ2) is 9.97. The summed E-state index contributed by atoms with van der Waals surface area (Å²) in [5, 5.41) is 12.1. The van der Waals surface area contributed by atoms with Gasteiger partial charge in [-0.05, 0) is 36.4 Å². The molecule has 0 aliphatic carbocycles. The number of amides is 1. The van der Waals surface area contributed by atoms with E-state index in [0.29, 0.717) is 33.9 Å². The molecule has 32 heavy (non-hydrogen) atoms. The van der Waals surface area contributed by atoms with E-state index in [1.807, 2.05) is 53.1 Å². The molecule has 0 unspecified atom stereocenters. The van der Waals surface area contributed by atoms with Gasteiger partial charge >= 0.3 is 0 Å². The van der Waals surface area contributed by atoms with E-state index in [0.717, 1.165) is 5.69 Å². The molecule has 1 amide bonds. The van der Waals surface area contributed by atoms with Crippen molar-refractivity contribution in [1.29, 1.82) is 0 Å². The molecule has 2 aromatic heterocycles. The van der Waals surface area contributed by atoms with Crippen LogP contribution in [0.15, 0.2) is 78.1 Å². The Balaban J connectivity index is 1.55. The van der Waals surface area contributed by atoms with Crippen LogP contribution in [0, 0.1) is 0 Å². The molecule has 0 fully saturated rings. The zero-order valence-corrected chi connectivity index (χ0v) is 18.4. The van der Waals surface area contributed by atoms with Crippen LogP contribution in [0.5, 0.6) is 11.5 Å². The van der Waals surface area contributed by atoms with Crippen LogP contribution in [0.2, 0.25) is 0 Å². The highest BCUT2D eigenvalue weighted by Gasteiger charge is 2.18. The molecule has 8 nitrogen and oxygen atoms in total. The summed E-state index contributed by atoms with van der Waals surface area (Å²) in [5.74, 6) is 1.72. The summed E-state index contributed by atoms with van der Waals surface area (Å²) in [7, 11) is 3.12. The van der Waals surface area contributed by atoms with Crippen molar-refractivity contribution in [3.63, 3.8) is 0 Å². The van der Waals surface area contributed by atoms with Crippen LogP contribution in [-0.4, -0.2) is 45.6 Å². The standard InChI is InChI=1S/C23H21N5O3S/c1-30-17-11-12-18(20(14-17)31-2)25-21(29)15-32-23-27-26-22(19-10-6-7-13-24-19)28(23)16-8-4-3-5-9-16/h3-14H,15H2,1-2H3,(H,25,29). The Morgan fingerprint density at radius 3 is 2.53 bits per heavy atom. The summed E-state index contributed by atoms with van der Waals surface area (Å²) in [4.78, 5) is 17.0. The maximum absolute atomic E-state index is 12.6. The number of ether oxygens (including phenoxy) is 2. The highest BCUT2D eigenvalue weighted by Crippen LogP contribution is 2.30. The van der Waals surface area contributed by atoms with Gasteiger partial charge in [0.1, 0.15) is 17.2 Å². The van der Waals surface area contributed by atoms with E-state index in [4.69, 9.17) is 9.47 Å². The Morgan fingerprint density at radius 2 is 1.81 bits per heavy atom. The maximum Gasteiger partial charge on any atom is 0.234 e. The number of pyridine rings is 1. The first-order valence-electron chi connectivity index (χ1n) is 9.76. The number of aromatic nitrogens is 4. The molecule has 0 spiro atoms. The van der Waals surface area contributed by atoms with Crippen molar-refractivity contribution in [2.45, 2.75) is 5.16 Å². The van der Waals surface area contributed by atoms with Gasteiger partial charge in [0.25, 0.3) is 0 Å². The fourth-order valence-corrected chi connectivity index (χ4v) is 3.80. The van der Waals surface area contributed by atoms with Gasteiger partial charge in [-0.15, -0.1) is 10.2 Å². The van der Waals surface area contributed by atoms with Gasteiger partial charge < -0.3 is 14.8 Å².